The Labute approximate surface area is 141 Å². The van der Waals surface area contributed by atoms with E-state index in [2.05, 4.69) is 24.1 Å². The highest BCUT2D eigenvalue weighted by Crippen LogP contribution is 2.26. The Morgan fingerprint density at radius 3 is 2.52 bits per heavy atom. The van der Waals surface area contributed by atoms with Crippen molar-refractivity contribution in [3.63, 3.8) is 0 Å². The van der Waals surface area contributed by atoms with E-state index in [-0.39, 0.29) is 11.9 Å². The van der Waals surface area contributed by atoms with Crippen LogP contribution < -0.4 is 10.1 Å². The third-order valence-corrected chi connectivity index (χ3v) is 4.44. The summed E-state index contributed by atoms with van der Waals surface area (Å²) >= 11 is 1.58. The number of amides is 1. The summed E-state index contributed by atoms with van der Waals surface area (Å²) in [6, 6.07) is 7.72. The van der Waals surface area contributed by atoms with Gasteiger partial charge in [0.15, 0.2) is 6.10 Å². The average molecular weight is 332 g/mol. The molecule has 2 rings (SSSR count). The number of nitrogens with one attached hydrogen (secondary N) is 1. The second-order valence-corrected chi connectivity index (χ2v) is 7.04. The van der Waals surface area contributed by atoms with E-state index < -0.39 is 6.10 Å². The summed E-state index contributed by atoms with van der Waals surface area (Å²) in [7, 11) is 0. The van der Waals surface area contributed by atoms with Gasteiger partial charge in [-0.2, -0.15) is 0 Å². The van der Waals surface area contributed by atoms with Crippen LogP contribution in [0.3, 0.4) is 0 Å². The molecular weight excluding hydrogens is 308 g/mol. The van der Waals surface area contributed by atoms with Crippen molar-refractivity contribution in [2.45, 2.75) is 52.7 Å². The molecule has 0 aliphatic heterocycles. The fourth-order valence-corrected chi connectivity index (χ4v) is 3.00. The minimum absolute atomic E-state index is 0.126. The molecule has 2 unspecified atom stereocenters. The molecule has 0 saturated carbocycles. The largest absolute Gasteiger partial charge is 0.481 e. The van der Waals surface area contributed by atoms with Crippen LogP contribution >= 0.6 is 11.3 Å². The maximum Gasteiger partial charge on any atom is 0.261 e. The number of nitrogens with zero attached hydrogens (tertiary/aromatic N) is 1. The zero-order chi connectivity index (χ0) is 17.0. The molecule has 0 fully saturated rings. The molecule has 0 spiro atoms. The zero-order valence-electron chi connectivity index (χ0n) is 14.3. The van der Waals surface area contributed by atoms with Crippen molar-refractivity contribution in [1.29, 1.82) is 0 Å². The Bertz CT molecular complexity index is 667. The lowest BCUT2D eigenvalue weighted by atomic mass is 10.0. The van der Waals surface area contributed by atoms with Crippen molar-refractivity contribution in [3.05, 3.63) is 45.9 Å². The van der Waals surface area contributed by atoms with Gasteiger partial charge < -0.3 is 10.1 Å². The lowest BCUT2D eigenvalue weighted by Crippen LogP contribution is -2.38. The molecule has 4 nitrogen and oxygen atoms in total. The Hall–Kier alpha value is -1.88. The van der Waals surface area contributed by atoms with Gasteiger partial charge >= 0.3 is 0 Å². The van der Waals surface area contributed by atoms with Crippen molar-refractivity contribution in [2.24, 2.45) is 0 Å². The number of hydrogen-bond donors (Lipinski definition) is 1. The van der Waals surface area contributed by atoms with E-state index in [4.69, 9.17) is 4.74 Å². The molecule has 0 aliphatic carbocycles. The van der Waals surface area contributed by atoms with Gasteiger partial charge in [-0.05, 0) is 38.3 Å². The molecule has 5 heteroatoms. The Kier molecular flexibility index (Phi) is 5.77. The van der Waals surface area contributed by atoms with E-state index in [1.807, 2.05) is 43.5 Å². The first-order chi connectivity index (χ1) is 10.9. The molecule has 124 valence electrons. The van der Waals surface area contributed by atoms with Crippen molar-refractivity contribution >= 4 is 17.2 Å². The van der Waals surface area contributed by atoms with Gasteiger partial charge in [0, 0.05) is 5.38 Å². The van der Waals surface area contributed by atoms with E-state index in [0.717, 1.165) is 22.0 Å². The maximum absolute atomic E-state index is 12.4. The molecule has 1 amide bonds. The summed E-state index contributed by atoms with van der Waals surface area (Å²) in [5.74, 6) is 0.974. The van der Waals surface area contributed by atoms with Gasteiger partial charge in [0.05, 0.1) is 16.7 Å². The van der Waals surface area contributed by atoms with Crippen LogP contribution in [-0.2, 0) is 4.79 Å². The van der Waals surface area contributed by atoms with Gasteiger partial charge in [-0.1, -0.05) is 32.0 Å². The quantitative estimate of drug-likeness (QED) is 0.861. The van der Waals surface area contributed by atoms with Gasteiger partial charge in [0.25, 0.3) is 5.91 Å². The van der Waals surface area contributed by atoms with Gasteiger partial charge in [0.1, 0.15) is 5.75 Å². The molecule has 0 aliphatic rings. The summed E-state index contributed by atoms with van der Waals surface area (Å²) in [6.07, 6.45) is -0.558. The molecule has 1 aromatic carbocycles. The molecule has 2 atom stereocenters. The Morgan fingerprint density at radius 2 is 1.91 bits per heavy atom. The van der Waals surface area contributed by atoms with E-state index >= 15 is 0 Å². The predicted octanol–water partition coefficient (Wildman–Crippen LogP) is 4.22. The molecule has 1 N–H and O–H groups in total. The SMILES string of the molecule is Cc1nc(C(C)NC(=O)C(C)Oc2ccccc2C(C)C)cs1. The normalized spacial score (nSPS) is 13.7. The number of benzene rings is 1. The fraction of sp³-hybridized carbons (Fsp3) is 0.444. The maximum atomic E-state index is 12.4. The lowest BCUT2D eigenvalue weighted by molar-refractivity contribution is -0.128. The standard InChI is InChI=1S/C18H24N2O2S/c1-11(2)15-8-6-7-9-17(15)22-13(4)18(21)19-12(3)16-10-23-14(5)20-16/h6-13H,1-5H3,(H,19,21). The number of carbonyl (C=O) groups excluding carboxylic acids is 1. The predicted molar refractivity (Wildman–Crippen MR) is 94.0 cm³/mol. The van der Waals surface area contributed by atoms with E-state index in [9.17, 15) is 4.79 Å². The van der Waals surface area contributed by atoms with Gasteiger partial charge in [-0.25, -0.2) is 4.98 Å². The van der Waals surface area contributed by atoms with Crippen LogP contribution in [0.15, 0.2) is 29.6 Å². The fourth-order valence-electron chi connectivity index (χ4n) is 2.29. The summed E-state index contributed by atoms with van der Waals surface area (Å²) in [5.41, 5.74) is 1.99. The number of carbonyl (C=O) groups is 1. The van der Waals surface area contributed by atoms with Crippen molar-refractivity contribution in [2.75, 3.05) is 0 Å². The second kappa shape index (κ2) is 7.59. The first-order valence-electron chi connectivity index (χ1n) is 7.86. The molecule has 1 heterocycles. The molecule has 1 aromatic heterocycles. The second-order valence-electron chi connectivity index (χ2n) is 5.97. The van der Waals surface area contributed by atoms with E-state index in [1.54, 1.807) is 18.3 Å². The number of ether oxygens (including phenoxy) is 1. The summed E-state index contributed by atoms with van der Waals surface area (Å²) in [4.78, 5) is 16.8. The van der Waals surface area contributed by atoms with Crippen LogP contribution in [0.1, 0.15) is 55.9 Å². The number of rotatable bonds is 6. The van der Waals surface area contributed by atoms with Crippen LogP contribution in [0, 0.1) is 6.92 Å². The molecule has 0 saturated heterocycles. The molecular formula is C18H24N2O2S. The Morgan fingerprint density at radius 1 is 1.22 bits per heavy atom. The number of thiazole rings is 1. The third kappa shape index (κ3) is 4.55. The van der Waals surface area contributed by atoms with E-state index in [0.29, 0.717) is 5.92 Å². The average Bonchev–Trinajstić information content (AvgIpc) is 2.94. The lowest BCUT2D eigenvalue weighted by Gasteiger charge is -2.20. The Balaban J connectivity index is 2.00. The number of aryl methyl sites for hydroxylation is 1. The number of para-hydroxylation sites is 1. The van der Waals surface area contributed by atoms with Crippen LogP contribution in [0.5, 0.6) is 5.75 Å². The first-order valence-corrected chi connectivity index (χ1v) is 8.74. The minimum Gasteiger partial charge on any atom is -0.481 e. The van der Waals surface area contributed by atoms with Gasteiger partial charge in [-0.15, -0.1) is 11.3 Å². The third-order valence-electron chi connectivity index (χ3n) is 3.65. The van der Waals surface area contributed by atoms with Crippen molar-refractivity contribution in [3.8, 4) is 5.75 Å². The summed E-state index contributed by atoms with van der Waals surface area (Å²) < 4.78 is 5.88. The zero-order valence-corrected chi connectivity index (χ0v) is 15.1. The van der Waals surface area contributed by atoms with Crippen LogP contribution in [-0.4, -0.2) is 17.0 Å². The highest BCUT2D eigenvalue weighted by molar-refractivity contribution is 7.09. The van der Waals surface area contributed by atoms with Crippen LogP contribution in [0.25, 0.3) is 0 Å². The topological polar surface area (TPSA) is 51.2 Å². The monoisotopic (exact) mass is 332 g/mol. The first kappa shape index (κ1) is 17.5. The molecule has 23 heavy (non-hydrogen) atoms. The van der Waals surface area contributed by atoms with Crippen molar-refractivity contribution in [1.82, 2.24) is 10.3 Å². The highest BCUT2D eigenvalue weighted by Gasteiger charge is 2.20. The summed E-state index contributed by atoms with van der Waals surface area (Å²) in [5, 5.41) is 5.93. The number of aromatic nitrogens is 1. The number of hydrogen-bond acceptors (Lipinski definition) is 4. The molecule has 0 bridgehead atoms. The van der Waals surface area contributed by atoms with Crippen molar-refractivity contribution < 1.29 is 9.53 Å². The van der Waals surface area contributed by atoms with Gasteiger partial charge in [-0.3, -0.25) is 4.79 Å². The molecule has 0 radical (unpaired) electrons. The molecule has 2 aromatic rings. The smallest absolute Gasteiger partial charge is 0.261 e. The summed E-state index contributed by atoms with van der Waals surface area (Å²) in [6.45, 7) is 9.88. The van der Waals surface area contributed by atoms with Gasteiger partial charge in [0.2, 0.25) is 0 Å². The van der Waals surface area contributed by atoms with Crippen LogP contribution in [0.4, 0.5) is 0 Å². The minimum atomic E-state index is -0.558. The van der Waals surface area contributed by atoms with Crippen LogP contribution in [0.2, 0.25) is 0 Å². The van der Waals surface area contributed by atoms with E-state index in [1.165, 1.54) is 0 Å². The highest BCUT2D eigenvalue weighted by atomic mass is 32.1.